The molecule has 0 saturated heterocycles. The van der Waals surface area contributed by atoms with Gasteiger partial charge in [0.15, 0.2) is 0 Å². The molecule has 0 fully saturated rings. The van der Waals surface area contributed by atoms with Crippen LogP contribution in [0.4, 0.5) is 4.39 Å². The summed E-state index contributed by atoms with van der Waals surface area (Å²) in [6.07, 6.45) is 0. The van der Waals surface area contributed by atoms with Crippen LogP contribution in [0.5, 0.6) is 0 Å². The first kappa shape index (κ1) is 16.7. The van der Waals surface area contributed by atoms with Crippen LogP contribution in [-0.4, -0.2) is 17.4 Å². The van der Waals surface area contributed by atoms with Crippen molar-refractivity contribution in [1.29, 1.82) is 0 Å². The van der Waals surface area contributed by atoms with E-state index in [1.807, 2.05) is 0 Å². The molecule has 0 saturated carbocycles. The van der Waals surface area contributed by atoms with Crippen molar-refractivity contribution in [3.8, 4) is 0 Å². The third-order valence-electron chi connectivity index (χ3n) is 3.23. The van der Waals surface area contributed by atoms with Gasteiger partial charge < -0.3 is 4.98 Å². The predicted octanol–water partition coefficient (Wildman–Crippen LogP) is 2.37. The number of nitrogens with one attached hydrogen (secondary N) is 1. The first-order chi connectivity index (χ1) is 11.2. The van der Waals surface area contributed by atoms with Gasteiger partial charge in [0.1, 0.15) is 10.7 Å². The van der Waals surface area contributed by atoms with E-state index in [4.69, 9.17) is 23.2 Å². The van der Waals surface area contributed by atoms with E-state index in [0.29, 0.717) is 0 Å². The molecule has 0 radical (unpaired) electrons. The standard InChI is InChI=1S/C14H7Cl2FN2O4S/c15-7-2-4-12(10(17)5-7)24(22,23)19-13(20)9-3-1-8(16)6-11(9)18-14(19)21/h1-6H,(H,18,21). The van der Waals surface area contributed by atoms with Gasteiger partial charge in [-0.3, -0.25) is 4.79 Å². The van der Waals surface area contributed by atoms with Crippen LogP contribution in [0.2, 0.25) is 10.0 Å². The number of halogens is 3. The highest BCUT2D eigenvalue weighted by Crippen LogP contribution is 2.20. The normalized spacial score (nSPS) is 11.8. The number of H-pyrrole nitrogens is 1. The first-order valence-electron chi connectivity index (χ1n) is 6.37. The highest BCUT2D eigenvalue weighted by atomic mass is 35.5. The van der Waals surface area contributed by atoms with Crippen molar-refractivity contribution in [2.45, 2.75) is 4.90 Å². The molecule has 3 aromatic rings. The molecule has 24 heavy (non-hydrogen) atoms. The fraction of sp³-hybridized carbons (Fsp3) is 0. The average molecular weight is 389 g/mol. The molecule has 1 aromatic heterocycles. The molecule has 1 heterocycles. The number of aromatic nitrogens is 2. The van der Waals surface area contributed by atoms with Crippen molar-refractivity contribution >= 4 is 44.1 Å². The van der Waals surface area contributed by atoms with Gasteiger partial charge in [0.05, 0.1) is 10.9 Å². The Labute approximate surface area is 144 Å². The molecule has 0 aliphatic heterocycles. The highest BCUT2D eigenvalue weighted by molar-refractivity contribution is 7.90. The van der Waals surface area contributed by atoms with E-state index in [2.05, 4.69) is 4.98 Å². The van der Waals surface area contributed by atoms with E-state index in [1.54, 1.807) is 0 Å². The molecule has 0 aliphatic rings. The third kappa shape index (κ3) is 2.62. The SMILES string of the molecule is O=c1[nH]c2cc(Cl)ccc2c(=O)n1S(=O)(=O)c1ccc(Cl)cc1F. The number of aromatic amines is 1. The maximum Gasteiger partial charge on any atom is 0.343 e. The smallest absolute Gasteiger partial charge is 0.306 e. The molecule has 0 spiro atoms. The quantitative estimate of drug-likeness (QED) is 0.729. The first-order valence-corrected chi connectivity index (χ1v) is 8.56. The molecule has 0 aliphatic carbocycles. The Kier molecular flexibility index (Phi) is 3.98. The van der Waals surface area contributed by atoms with E-state index in [9.17, 15) is 22.4 Å². The molecule has 3 rings (SSSR count). The van der Waals surface area contributed by atoms with Gasteiger partial charge in [-0.1, -0.05) is 23.2 Å². The fourth-order valence-electron chi connectivity index (χ4n) is 2.18. The van der Waals surface area contributed by atoms with Crippen LogP contribution in [0.25, 0.3) is 10.9 Å². The minimum absolute atomic E-state index is 0.0270. The van der Waals surface area contributed by atoms with Crippen LogP contribution >= 0.6 is 23.2 Å². The maximum absolute atomic E-state index is 14.0. The van der Waals surface area contributed by atoms with Crippen molar-refractivity contribution in [1.82, 2.24) is 8.96 Å². The number of hydrogen-bond acceptors (Lipinski definition) is 4. The van der Waals surface area contributed by atoms with Crippen molar-refractivity contribution in [2.24, 2.45) is 0 Å². The highest BCUT2D eigenvalue weighted by Gasteiger charge is 2.26. The van der Waals surface area contributed by atoms with E-state index in [0.717, 1.165) is 18.2 Å². The lowest BCUT2D eigenvalue weighted by molar-refractivity contribution is 0.557. The molecule has 0 atom stereocenters. The Bertz CT molecular complexity index is 1200. The summed E-state index contributed by atoms with van der Waals surface area (Å²) in [5.41, 5.74) is -2.27. The van der Waals surface area contributed by atoms with Crippen LogP contribution in [0.1, 0.15) is 0 Å². The number of nitrogens with zero attached hydrogens (tertiary/aromatic N) is 1. The van der Waals surface area contributed by atoms with E-state index in [-0.39, 0.29) is 24.9 Å². The Balaban J connectivity index is 2.39. The summed E-state index contributed by atoms with van der Waals surface area (Å²) in [7, 11) is -4.76. The van der Waals surface area contributed by atoms with Crippen molar-refractivity contribution in [2.75, 3.05) is 0 Å². The second-order valence-electron chi connectivity index (χ2n) is 4.77. The molecular formula is C14H7Cl2FN2O4S. The molecule has 0 amide bonds. The Morgan fingerprint density at radius 2 is 1.62 bits per heavy atom. The lowest BCUT2D eigenvalue weighted by Gasteiger charge is -2.09. The fourth-order valence-corrected chi connectivity index (χ4v) is 3.83. The summed E-state index contributed by atoms with van der Waals surface area (Å²) in [4.78, 5) is 25.9. The van der Waals surface area contributed by atoms with Crippen LogP contribution in [0.3, 0.4) is 0 Å². The Hall–Kier alpha value is -2.16. The predicted molar refractivity (Wildman–Crippen MR) is 87.8 cm³/mol. The zero-order chi connectivity index (χ0) is 17.6. The van der Waals surface area contributed by atoms with Crippen molar-refractivity contribution in [3.63, 3.8) is 0 Å². The molecule has 2 aromatic carbocycles. The minimum atomic E-state index is -4.76. The summed E-state index contributed by atoms with van der Waals surface area (Å²) in [5, 5.41) is 0.139. The topological polar surface area (TPSA) is 89.0 Å². The van der Waals surface area contributed by atoms with Crippen LogP contribution in [0.15, 0.2) is 50.9 Å². The van der Waals surface area contributed by atoms with Gasteiger partial charge in [0.25, 0.3) is 15.6 Å². The van der Waals surface area contributed by atoms with Crippen LogP contribution in [-0.2, 0) is 10.0 Å². The Morgan fingerprint density at radius 1 is 1.00 bits per heavy atom. The number of benzene rings is 2. The molecule has 1 N–H and O–H groups in total. The van der Waals surface area contributed by atoms with Gasteiger partial charge in [0.2, 0.25) is 0 Å². The van der Waals surface area contributed by atoms with Gasteiger partial charge >= 0.3 is 5.69 Å². The molecular weight excluding hydrogens is 382 g/mol. The summed E-state index contributed by atoms with van der Waals surface area (Å²) < 4.78 is 39.0. The number of hydrogen-bond donors (Lipinski definition) is 1. The molecule has 10 heteroatoms. The van der Waals surface area contributed by atoms with E-state index in [1.165, 1.54) is 18.2 Å². The number of rotatable bonds is 2. The van der Waals surface area contributed by atoms with Crippen LogP contribution < -0.4 is 11.2 Å². The minimum Gasteiger partial charge on any atom is -0.306 e. The average Bonchev–Trinajstić information content (AvgIpc) is 2.45. The van der Waals surface area contributed by atoms with Gasteiger partial charge in [-0.25, -0.2) is 17.6 Å². The second kappa shape index (κ2) is 5.73. The van der Waals surface area contributed by atoms with Gasteiger partial charge in [-0.2, -0.15) is 0 Å². The summed E-state index contributed by atoms with van der Waals surface area (Å²) in [6, 6.07) is 6.72. The molecule has 0 unspecified atom stereocenters. The lowest BCUT2D eigenvalue weighted by Crippen LogP contribution is -2.40. The van der Waals surface area contributed by atoms with Gasteiger partial charge in [0, 0.05) is 10.0 Å². The summed E-state index contributed by atoms with van der Waals surface area (Å²) >= 11 is 11.4. The molecule has 124 valence electrons. The second-order valence-corrected chi connectivity index (χ2v) is 7.40. The van der Waals surface area contributed by atoms with Gasteiger partial charge in [-0.15, -0.1) is 3.97 Å². The third-order valence-corrected chi connectivity index (χ3v) is 5.40. The number of fused-ring (bicyclic) bond motifs is 1. The molecule has 0 bridgehead atoms. The summed E-state index contributed by atoms with van der Waals surface area (Å²) in [6.45, 7) is 0. The monoisotopic (exact) mass is 388 g/mol. The maximum atomic E-state index is 14.0. The van der Waals surface area contributed by atoms with Crippen LogP contribution in [0, 0.1) is 5.82 Å². The summed E-state index contributed by atoms with van der Waals surface area (Å²) in [5.74, 6) is -1.18. The van der Waals surface area contributed by atoms with E-state index >= 15 is 0 Å². The zero-order valence-corrected chi connectivity index (χ0v) is 13.9. The lowest BCUT2D eigenvalue weighted by atomic mass is 10.2. The van der Waals surface area contributed by atoms with Crippen molar-refractivity contribution in [3.05, 3.63) is 73.1 Å². The Morgan fingerprint density at radius 3 is 2.29 bits per heavy atom. The largest absolute Gasteiger partial charge is 0.343 e. The van der Waals surface area contributed by atoms with Crippen molar-refractivity contribution < 1.29 is 12.8 Å². The molecule has 6 nitrogen and oxygen atoms in total. The van der Waals surface area contributed by atoms with Gasteiger partial charge in [-0.05, 0) is 36.4 Å². The zero-order valence-electron chi connectivity index (χ0n) is 11.6. The van der Waals surface area contributed by atoms with E-state index < -0.39 is 32.0 Å².